The van der Waals surface area contributed by atoms with Crippen LogP contribution in [0.3, 0.4) is 0 Å². The second-order valence-electron chi connectivity index (χ2n) is 6.80. The number of benzene rings is 1. The van der Waals surface area contributed by atoms with Gasteiger partial charge in [0.15, 0.2) is 0 Å². The lowest BCUT2D eigenvalue weighted by Crippen LogP contribution is -2.52. The molecule has 0 spiro atoms. The van der Waals surface area contributed by atoms with E-state index in [9.17, 15) is 14.7 Å². The van der Waals surface area contributed by atoms with Crippen LogP contribution in [0.4, 0.5) is 0 Å². The summed E-state index contributed by atoms with van der Waals surface area (Å²) in [6.07, 6.45) is 4.71. The highest BCUT2D eigenvalue weighted by Gasteiger charge is 2.44. The van der Waals surface area contributed by atoms with Crippen LogP contribution in [0.5, 0.6) is 0 Å². The normalized spacial score (nSPS) is 20.2. The van der Waals surface area contributed by atoms with Crippen molar-refractivity contribution in [1.29, 1.82) is 0 Å². The highest BCUT2D eigenvalue weighted by molar-refractivity contribution is 5.95. The molecule has 1 aromatic heterocycles. The van der Waals surface area contributed by atoms with Crippen molar-refractivity contribution in [1.82, 2.24) is 14.7 Å². The molecule has 3 rings (SSSR count). The van der Waals surface area contributed by atoms with Gasteiger partial charge in [-0.15, -0.1) is 0 Å². The number of amides is 1. The van der Waals surface area contributed by atoms with Crippen molar-refractivity contribution in [2.75, 3.05) is 26.8 Å². The van der Waals surface area contributed by atoms with Crippen molar-refractivity contribution in [2.45, 2.75) is 19.8 Å². The zero-order valence-electron chi connectivity index (χ0n) is 15.0. The zero-order valence-corrected chi connectivity index (χ0v) is 15.0. The number of likely N-dealkylation sites (tertiary alicyclic amines) is 1. The van der Waals surface area contributed by atoms with Crippen LogP contribution in [-0.2, 0) is 9.53 Å². The molecule has 1 aliphatic rings. The van der Waals surface area contributed by atoms with E-state index in [1.54, 1.807) is 21.8 Å². The molecule has 1 unspecified atom stereocenters. The van der Waals surface area contributed by atoms with E-state index >= 15 is 0 Å². The Balaban J connectivity index is 1.82. The van der Waals surface area contributed by atoms with Gasteiger partial charge in [0.1, 0.15) is 5.41 Å². The SMILES string of the molecule is COCC1(C(=O)O)CCCN(C(=O)c2ccc(-n3cccn3)c(C)c2)C1. The number of piperidine rings is 1. The maximum absolute atomic E-state index is 12.9. The number of ether oxygens (including phenoxy) is 1. The molecule has 26 heavy (non-hydrogen) atoms. The third kappa shape index (κ3) is 3.35. The number of carboxylic acids is 1. The Morgan fingerprint density at radius 2 is 2.19 bits per heavy atom. The van der Waals surface area contributed by atoms with E-state index in [1.807, 2.05) is 31.3 Å². The number of methoxy groups -OCH3 is 1. The predicted octanol–water partition coefficient (Wildman–Crippen LogP) is 2.13. The number of rotatable bonds is 5. The Kier molecular flexibility index (Phi) is 5.08. The molecule has 2 aromatic rings. The third-order valence-electron chi connectivity index (χ3n) is 4.93. The second kappa shape index (κ2) is 7.29. The number of nitrogens with zero attached hydrogens (tertiary/aromatic N) is 3. The molecule has 138 valence electrons. The van der Waals surface area contributed by atoms with Crippen LogP contribution in [0.25, 0.3) is 5.69 Å². The fourth-order valence-corrected chi connectivity index (χ4v) is 3.57. The van der Waals surface area contributed by atoms with Crippen molar-refractivity contribution in [3.8, 4) is 5.69 Å². The third-order valence-corrected chi connectivity index (χ3v) is 4.93. The first-order chi connectivity index (χ1) is 12.5. The van der Waals surface area contributed by atoms with Gasteiger partial charge in [0.2, 0.25) is 0 Å². The van der Waals surface area contributed by atoms with E-state index in [-0.39, 0.29) is 19.1 Å². The van der Waals surface area contributed by atoms with Crippen LogP contribution in [-0.4, -0.2) is 58.5 Å². The first kappa shape index (κ1) is 18.1. The fourth-order valence-electron chi connectivity index (χ4n) is 3.57. The van der Waals surface area contributed by atoms with Crippen molar-refractivity contribution in [3.05, 3.63) is 47.8 Å². The average molecular weight is 357 g/mol. The molecule has 7 nitrogen and oxygen atoms in total. The molecule has 1 aliphatic heterocycles. The average Bonchev–Trinajstić information content (AvgIpc) is 3.15. The molecule has 1 fully saturated rings. The number of carboxylic acid groups (broad SMARTS) is 1. The van der Waals surface area contributed by atoms with Crippen molar-refractivity contribution < 1.29 is 19.4 Å². The topological polar surface area (TPSA) is 84.7 Å². The van der Waals surface area contributed by atoms with Gasteiger partial charge in [0.25, 0.3) is 5.91 Å². The molecule has 1 aromatic carbocycles. The van der Waals surface area contributed by atoms with Crippen LogP contribution >= 0.6 is 0 Å². The second-order valence-corrected chi connectivity index (χ2v) is 6.80. The van der Waals surface area contributed by atoms with E-state index in [4.69, 9.17) is 4.74 Å². The number of hydrogen-bond acceptors (Lipinski definition) is 4. The summed E-state index contributed by atoms with van der Waals surface area (Å²) in [6.45, 7) is 2.74. The zero-order chi connectivity index (χ0) is 18.7. The Bertz CT molecular complexity index is 799. The summed E-state index contributed by atoms with van der Waals surface area (Å²) in [6, 6.07) is 7.29. The van der Waals surface area contributed by atoms with Gasteiger partial charge in [-0.3, -0.25) is 9.59 Å². The summed E-state index contributed by atoms with van der Waals surface area (Å²) < 4.78 is 6.88. The van der Waals surface area contributed by atoms with Crippen molar-refractivity contribution >= 4 is 11.9 Å². The molecular formula is C19H23N3O4. The maximum atomic E-state index is 12.9. The highest BCUT2D eigenvalue weighted by Crippen LogP contribution is 2.31. The molecule has 7 heteroatoms. The molecule has 1 amide bonds. The quantitative estimate of drug-likeness (QED) is 0.886. The highest BCUT2D eigenvalue weighted by atomic mass is 16.5. The van der Waals surface area contributed by atoms with Crippen LogP contribution in [0, 0.1) is 12.3 Å². The Morgan fingerprint density at radius 1 is 1.38 bits per heavy atom. The smallest absolute Gasteiger partial charge is 0.313 e. The summed E-state index contributed by atoms with van der Waals surface area (Å²) in [5.74, 6) is -1.07. The molecule has 1 atom stereocenters. The molecule has 1 N–H and O–H groups in total. The minimum atomic E-state index is -1.04. The van der Waals surface area contributed by atoms with Crippen molar-refractivity contribution in [2.24, 2.45) is 5.41 Å². The monoisotopic (exact) mass is 357 g/mol. The van der Waals surface area contributed by atoms with Crippen LogP contribution in [0.15, 0.2) is 36.7 Å². The standard InChI is InChI=1S/C19H23N3O4/c1-14-11-15(5-6-16(14)22-10-4-8-20-22)17(23)21-9-3-7-19(12-21,13-26-2)18(24)25/h4-6,8,10-11H,3,7,9,12-13H2,1-2H3,(H,24,25). The Hall–Kier alpha value is -2.67. The number of aryl methyl sites for hydroxylation is 1. The van der Waals surface area contributed by atoms with E-state index in [1.165, 1.54) is 7.11 Å². The maximum Gasteiger partial charge on any atom is 0.313 e. The molecular weight excluding hydrogens is 334 g/mol. The largest absolute Gasteiger partial charge is 0.481 e. The van der Waals surface area contributed by atoms with Gasteiger partial charge in [-0.25, -0.2) is 4.68 Å². The van der Waals surface area contributed by atoms with Crippen LogP contribution in [0.2, 0.25) is 0 Å². The molecule has 1 saturated heterocycles. The Morgan fingerprint density at radius 3 is 2.81 bits per heavy atom. The molecule has 0 radical (unpaired) electrons. The van der Waals surface area contributed by atoms with Crippen LogP contribution in [0.1, 0.15) is 28.8 Å². The van der Waals surface area contributed by atoms with Gasteiger partial charge < -0.3 is 14.7 Å². The minimum absolute atomic E-state index is 0.101. The van der Waals surface area contributed by atoms with Crippen LogP contribution < -0.4 is 0 Å². The number of aromatic nitrogens is 2. The summed E-state index contributed by atoms with van der Waals surface area (Å²) in [5, 5.41) is 13.9. The number of carbonyl (C=O) groups is 2. The summed E-state index contributed by atoms with van der Waals surface area (Å²) in [4.78, 5) is 26.3. The number of hydrogen-bond donors (Lipinski definition) is 1. The van der Waals surface area contributed by atoms with Gasteiger partial charge >= 0.3 is 5.97 Å². The lowest BCUT2D eigenvalue weighted by atomic mass is 9.80. The fraction of sp³-hybridized carbons (Fsp3) is 0.421. The van der Waals surface area contributed by atoms with Gasteiger partial charge in [-0.05, 0) is 49.6 Å². The lowest BCUT2D eigenvalue weighted by Gasteiger charge is -2.39. The summed E-state index contributed by atoms with van der Waals surface area (Å²) in [5.41, 5.74) is 1.35. The summed E-state index contributed by atoms with van der Waals surface area (Å²) in [7, 11) is 1.49. The summed E-state index contributed by atoms with van der Waals surface area (Å²) >= 11 is 0. The number of aliphatic carboxylic acids is 1. The predicted molar refractivity (Wildman–Crippen MR) is 95.4 cm³/mol. The van der Waals surface area contributed by atoms with Gasteiger partial charge in [0.05, 0.1) is 12.3 Å². The number of carbonyl (C=O) groups excluding carboxylic acids is 1. The van der Waals surface area contributed by atoms with Gasteiger partial charge in [0, 0.05) is 38.2 Å². The van der Waals surface area contributed by atoms with E-state index in [0.717, 1.165) is 11.3 Å². The molecule has 0 saturated carbocycles. The van der Waals surface area contributed by atoms with E-state index in [2.05, 4.69) is 5.10 Å². The first-order valence-electron chi connectivity index (χ1n) is 8.59. The van der Waals surface area contributed by atoms with Crippen molar-refractivity contribution in [3.63, 3.8) is 0 Å². The van der Waals surface area contributed by atoms with Gasteiger partial charge in [-0.1, -0.05) is 0 Å². The molecule has 2 heterocycles. The minimum Gasteiger partial charge on any atom is -0.481 e. The van der Waals surface area contributed by atoms with Gasteiger partial charge in [-0.2, -0.15) is 5.10 Å². The van der Waals surface area contributed by atoms with E-state index in [0.29, 0.717) is 24.9 Å². The lowest BCUT2D eigenvalue weighted by molar-refractivity contribution is -0.155. The molecule has 0 bridgehead atoms. The van der Waals surface area contributed by atoms with E-state index < -0.39 is 11.4 Å². The first-order valence-corrected chi connectivity index (χ1v) is 8.59. The Labute approximate surface area is 152 Å². The molecule has 0 aliphatic carbocycles.